The van der Waals surface area contributed by atoms with Gasteiger partial charge in [-0.3, -0.25) is 24.3 Å². The van der Waals surface area contributed by atoms with Crippen LogP contribution in [0, 0.1) is 10.1 Å². The quantitative estimate of drug-likeness (QED) is 0.363. The van der Waals surface area contributed by atoms with Crippen LogP contribution in [0.2, 0.25) is 0 Å². The van der Waals surface area contributed by atoms with E-state index in [9.17, 15) is 24.5 Å². The lowest BCUT2D eigenvalue weighted by Crippen LogP contribution is -2.42. The van der Waals surface area contributed by atoms with E-state index in [1.807, 2.05) is 37.3 Å². The highest BCUT2D eigenvalue weighted by Crippen LogP contribution is 2.15. The summed E-state index contributed by atoms with van der Waals surface area (Å²) < 4.78 is 2.14. The second-order valence-electron chi connectivity index (χ2n) is 7.50. The van der Waals surface area contributed by atoms with Gasteiger partial charge in [0.25, 0.3) is 11.2 Å². The van der Waals surface area contributed by atoms with Crippen LogP contribution in [0.5, 0.6) is 0 Å². The number of nitrogens with zero attached hydrogens (tertiary/aromatic N) is 3. The number of amides is 1. The molecule has 0 spiro atoms. The standard InChI is InChI=1S/C24H20N4O5/c1-16(17-7-3-2-4-8-17)25-22(29)15-26-21-10-6-5-9-20(21)23(30)27(24(26)31)18-11-13-19(14-12-18)28(32)33/h2-14,16H,15H2,1H3,(H,25,29). The summed E-state index contributed by atoms with van der Waals surface area (Å²) >= 11 is 0. The number of aromatic nitrogens is 2. The van der Waals surface area contributed by atoms with Crippen molar-refractivity contribution in [1.82, 2.24) is 14.5 Å². The van der Waals surface area contributed by atoms with Gasteiger partial charge in [0, 0.05) is 12.1 Å². The van der Waals surface area contributed by atoms with E-state index in [1.54, 1.807) is 24.3 Å². The summed E-state index contributed by atoms with van der Waals surface area (Å²) in [7, 11) is 0. The van der Waals surface area contributed by atoms with E-state index in [0.29, 0.717) is 5.52 Å². The minimum Gasteiger partial charge on any atom is -0.348 e. The number of hydrogen-bond acceptors (Lipinski definition) is 5. The molecule has 1 amide bonds. The second-order valence-corrected chi connectivity index (χ2v) is 7.50. The molecule has 4 aromatic rings. The van der Waals surface area contributed by atoms with Gasteiger partial charge in [-0.25, -0.2) is 9.36 Å². The molecule has 0 saturated carbocycles. The number of hydrogen-bond donors (Lipinski definition) is 1. The highest BCUT2D eigenvalue weighted by molar-refractivity contribution is 5.82. The van der Waals surface area contributed by atoms with Crippen molar-refractivity contribution in [3.8, 4) is 5.69 Å². The molecule has 0 bridgehead atoms. The Labute approximate surface area is 187 Å². The van der Waals surface area contributed by atoms with Crippen LogP contribution in [0.3, 0.4) is 0 Å². The molecule has 9 nitrogen and oxygen atoms in total. The molecule has 0 aliphatic heterocycles. The van der Waals surface area contributed by atoms with Crippen LogP contribution < -0.4 is 16.6 Å². The van der Waals surface area contributed by atoms with Crippen LogP contribution in [0.15, 0.2) is 88.5 Å². The molecule has 4 rings (SSSR count). The van der Waals surface area contributed by atoms with Crippen molar-refractivity contribution in [3.05, 3.63) is 115 Å². The van der Waals surface area contributed by atoms with E-state index in [1.165, 1.54) is 28.8 Å². The van der Waals surface area contributed by atoms with E-state index in [4.69, 9.17) is 0 Å². The molecule has 1 atom stereocenters. The fourth-order valence-electron chi connectivity index (χ4n) is 3.68. The van der Waals surface area contributed by atoms with Crippen molar-refractivity contribution in [2.75, 3.05) is 0 Å². The fourth-order valence-corrected chi connectivity index (χ4v) is 3.68. The molecule has 9 heteroatoms. The van der Waals surface area contributed by atoms with Gasteiger partial charge in [-0.2, -0.15) is 0 Å². The third-order valence-corrected chi connectivity index (χ3v) is 5.35. The van der Waals surface area contributed by atoms with Gasteiger partial charge >= 0.3 is 5.69 Å². The third-order valence-electron chi connectivity index (χ3n) is 5.35. The zero-order valence-corrected chi connectivity index (χ0v) is 17.7. The first-order valence-corrected chi connectivity index (χ1v) is 10.2. The summed E-state index contributed by atoms with van der Waals surface area (Å²) in [6.07, 6.45) is 0. The van der Waals surface area contributed by atoms with Crippen molar-refractivity contribution < 1.29 is 9.72 Å². The van der Waals surface area contributed by atoms with E-state index in [0.717, 1.165) is 10.1 Å². The number of non-ortho nitro benzene ring substituents is 1. The van der Waals surface area contributed by atoms with Crippen LogP contribution in [-0.2, 0) is 11.3 Å². The van der Waals surface area contributed by atoms with Gasteiger partial charge in [-0.15, -0.1) is 0 Å². The van der Waals surface area contributed by atoms with Crippen LogP contribution in [0.1, 0.15) is 18.5 Å². The van der Waals surface area contributed by atoms with E-state index >= 15 is 0 Å². The minimum absolute atomic E-state index is 0.165. The average molecular weight is 444 g/mol. The second kappa shape index (κ2) is 8.91. The number of fused-ring (bicyclic) bond motifs is 1. The SMILES string of the molecule is CC(NC(=O)Cn1c(=O)n(-c2ccc([N+](=O)[O-])cc2)c(=O)c2ccccc21)c1ccccc1. The van der Waals surface area contributed by atoms with Gasteiger partial charge in [-0.1, -0.05) is 42.5 Å². The lowest BCUT2D eigenvalue weighted by molar-refractivity contribution is -0.384. The number of para-hydroxylation sites is 1. The lowest BCUT2D eigenvalue weighted by atomic mass is 10.1. The zero-order valence-electron chi connectivity index (χ0n) is 17.7. The number of carbonyl (C=O) groups is 1. The third kappa shape index (κ3) is 4.29. The monoisotopic (exact) mass is 444 g/mol. The Morgan fingerprint density at radius 1 is 0.970 bits per heavy atom. The largest absolute Gasteiger partial charge is 0.348 e. The van der Waals surface area contributed by atoms with Gasteiger partial charge in [0.1, 0.15) is 6.54 Å². The number of nitrogens with one attached hydrogen (secondary N) is 1. The molecule has 1 N–H and O–H groups in total. The molecule has 166 valence electrons. The highest BCUT2D eigenvalue weighted by Gasteiger charge is 2.18. The van der Waals surface area contributed by atoms with Crippen molar-refractivity contribution in [2.45, 2.75) is 19.5 Å². The zero-order chi connectivity index (χ0) is 23.5. The minimum atomic E-state index is -0.713. The van der Waals surface area contributed by atoms with Crippen molar-refractivity contribution in [2.24, 2.45) is 0 Å². The number of carbonyl (C=O) groups excluding carboxylic acids is 1. The first kappa shape index (κ1) is 21.7. The summed E-state index contributed by atoms with van der Waals surface area (Å²) in [4.78, 5) is 49.6. The Morgan fingerprint density at radius 2 is 1.61 bits per heavy atom. The Bertz CT molecular complexity index is 1460. The average Bonchev–Trinajstić information content (AvgIpc) is 2.82. The normalized spacial score (nSPS) is 11.8. The summed E-state index contributed by atoms with van der Waals surface area (Å²) in [6, 6.07) is 20.7. The molecule has 0 radical (unpaired) electrons. The van der Waals surface area contributed by atoms with E-state index in [2.05, 4.69) is 5.32 Å². The summed E-state index contributed by atoms with van der Waals surface area (Å²) in [5.74, 6) is -0.396. The maximum atomic E-state index is 13.3. The van der Waals surface area contributed by atoms with Gasteiger partial charge in [0.05, 0.1) is 27.6 Å². The fraction of sp³-hybridized carbons (Fsp3) is 0.125. The molecule has 0 aliphatic carbocycles. The van der Waals surface area contributed by atoms with Gasteiger partial charge in [-0.05, 0) is 36.8 Å². The molecule has 0 saturated heterocycles. The predicted molar refractivity (Wildman–Crippen MR) is 123 cm³/mol. The van der Waals surface area contributed by atoms with E-state index in [-0.39, 0.29) is 29.3 Å². The molecule has 0 aliphatic rings. The topological polar surface area (TPSA) is 116 Å². The molecule has 3 aromatic carbocycles. The van der Waals surface area contributed by atoms with Gasteiger partial charge in [0.2, 0.25) is 5.91 Å². The van der Waals surface area contributed by atoms with Gasteiger partial charge in [0.15, 0.2) is 0 Å². The molecular formula is C24H20N4O5. The molecule has 1 aromatic heterocycles. The Morgan fingerprint density at radius 3 is 2.27 bits per heavy atom. The van der Waals surface area contributed by atoms with Crippen LogP contribution >= 0.6 is 0 Å². The Kier molecular flexibility index (Phi) is 5.86. The number of benzene rings is 3. The number of nitro groups is 1. The van der Waals surface area contributed by atoms with Crippen LogP contribution in [0.4, 0.5) is 5.69 Å². The smallest absolute Gasteiger partial charge is 0.336 e. The molecule has 1 heterocycles. The molecule has 33 heavy (non-hydrogen) atoms. The van der Waals surface area contributed by atoms with Crippen molar-refractivity contribution in [1.29, 1.82) is 0 Å². The van der Waals surface area contributed by atoms with Crippen molar-refractivity contribution >= 4 is 22.5 Å². The Balaban J connectivity index is 1.76. The summed E-state index contributed by atoms with van der Waals surface area (Å²) in [5.41, 5.74) is -0.0312. The molecular weight excluding hydrogens is 424 g/mol. The van der Waals surface area contributed by atoms with E-state index < -0.39 is 22.1 Å². The Hall–Kier alpha value is -4.53. The predicted octanol–water partition coefficient (Wildman–Crippen LogP) is 2.94. The molecule has 1 unspecified atom stereocenters. The van der Waals surface area contributed by atoms with Gasteiger partial charge < -0.3 is 5.32 Å². The van der Waals surface area contributed by atoms with Crippen LogP contribution in [-0.4, -0.2) is 20.0 Å². The van der Waals surface area contributed by atoms with Crippen LogP contribution in [0.25, 0.3) is 16.6 Å². The number of nitro benzene ring substituents is 1. The number of rotatable bonds is 6. The maximum absolute atomic E-state index is 13.3. The maximum Gasteiger partial charge on any atom is 0.336 e. The first-order valence-electron chi connectivity index (χ1n) is 10.2. The molecule has 0 fully saturated rings. The lowest BCUT2D eigenvalue weighted by Gasteiger charge is -2.17. The van der Waals surface area contributed by atoms with Crippen molar-refractivity contribution in [3.63, 3.8) is 0 Å². The summed E-state index contributed by atoms with van der Waals surface area (Å²) in [5, 5.41) is 14.1. The summed E-state index contributed by atoms with van der Waals surface area (Å²) in [6.45, 7) is 1.54. The highest BCUT2D eigenvalue weighted by atomic mass is 16.6. The first-order chi connectivity index (χ1) is 15.9.